The summed E-state index contributed by atoms with van der Waals surface area (Å²) in [6.45, 7) is 15.9. The summed E-state index contributed by atoms with van der Waals surface area (Å²) in [5, 5.41) is 11.1. The van der Waals surface area contributed by atoms with E-state index in [0.717, 1.165) is 42.8 Å². The third-order valence-corrected chi connectivity index (χ3v) is 7.25. The van der Waals surface area contributed by atoms with Gasteiger partial charge in [0.25, 0.3) is 0 Å². The van der Waals surface area contributed by atoms with Crippen LogP contribution in [0.4, 0.5) is 0 Å². The number of aliphatic imine (C=N–C) groups is 1. The van der Waals surface area contributed by atoms with Gasteiger partial charge in [-0.2, -0.15) is 0 Å². The first kappa shape index (κ1) is 27.0. The van der Waals surface area contributed by atoms with Gasteiger partial charge < -0.3 is 10.0 Å². The normalized spacial score (nSPS) is 20.0. The molecule has 1 N–H and O–H groups in total. The number of hydrogen-bond donors (Lipinski definition) is 1. The Morgan fingerprint density at radius 1 is 1.03 bits per heavy atom. The second-order valence-corrected chi connectivity index (χ2v) is 12.2. The first-order valence-corrected chi connectivity index (χ1v) is 13.0. The summed E-state index contributed by atoms with van der Waals surface area (Å²) in [6.07, 6.45) is 3.20. The summed E-state index contributed by atoms with van der Waals surface area (Å²) in [7, 11) is 1.86. The van der Waals surface area contributed by atoms with Crippen LogP contribution in [0.5, 0.6) is 5.75 Å². The molecular weight excluding hydrogens is 432 g/mol. The summed E-state index contributed by atoms with van der Waals surface area (Å²) in [4.78, 5) is 20.6. The van der Waals surface area contributed by atoms with E-state index < -0.39 is 0 Å². The van der Waals surface area contributed by atoms with Gasteiger partial charge in [-0.1, -0.05) is 85.2 Å². The van der Waals surface area contributed by atoms with Crippen molar-refractivity contribution in [3.05, 3.63) is 64.7 Å². The molecule has 0 saturated carbocycles. The number of carbonyl (C=O) groups is 1. The molecule has 190 valence electrons. The average Bonchev–Trinajstić information content (AvgIpc) is 3.08. The number of Topliss-reactive ketones (excluding diaryl/α,β-unsaturated/α-hetero) is 1. The minimum absolute atomic E-state index is 0.0813. The van der Waals surface area contributed by atoms with Crippen molar-refractivity contribution in [3.8, 4) is 5.75 Å². The third-order valence-electron chi connectivity index (χ3n) is 7.25. The van der Waals surface area contributed by atoms with Crippen LogP contribution in [-0.2, 0) is 17.3 Å². The Morgan fingerprint density at radius 3 is 2.09 bits per heavy atom. The maximum atomic E-state index is 13.7. The number of nitrogens with zero attached hydrogens (tertiary/aromatic N) is 2. The average molecular weight is 477 g/mol. The minimum Gasteiger partial charge on any atom is -0.507 e. The summed E-state index contributed by atoms with van der Waals surface area (Å²) in [5.74, 6) is 2.25. The lowest BCUT2D eigenvalue weighted by atomic mass is 9.78. The fourth-order valence-electron chi connectivity index (χ4n) is 5.39. The molecule has 0 amide bonds. The zero-order valence-corrected chi connectivity index (χ0v) is 23.0. The van der Waals surface area contributed by atoms with Crippen LogP contribution in [0, 0.1) is 11.8 Å². The molecule has 0 aliphatic carbocycles. The molecule has 2 aromatic rings. The molecule has 0 spiro atoms. The third kappa shape index (κ3) is 6.15. The fourth-order valence-corrected chi connectivity index (χ4v) is 5.39. The van der Waals surface area contributed by atoms with Crippen molar-refractivity contribution in [2.75, 3.05) is 20.1 Å². The zero-order valence-electron chi connectivity index (χ0n) is 23.0. The van der Waals surface area contributed by atoms with Gasteiger partial charge in [0.15, 0.2) is 5.78 Å². The van der Waals surface area contributed by atoms with E-state index in [4.69, 9.17) is 4.99 Å². The maximum absolute atomic E-state index is 13.7. The SMILES string of the molecule is CCC[C@H]1CN(CC(=O)c2cc(C(C)(C)C)c(O)c(C(C)(C)C)c2)/C(=N\C)[C@@H]1Cc1ccccc1. The predicted molar refractivity (Wildman–Crippen MR) is 147 cm³/mol. The maximum Gasteiger partial charge on any atom is 0.182 e. The molecule has 0 aromatic heterocycles. The summed E-state index contributed by atoms with van der Waals surface area (Å²) < 4.78 is 0. The second kappa shape index (κ2) is 10.6. The van der Waals surface area contributed by atoms with E-state index >= 15 is 0 Å². The van der Waals surface area contributed by atoms with E-state index in [9.17, 15) is 9.90 Å². The molecule has 1 fully saturated rings. The van der Waals surface area contributed by atoms with Crippen molar-refractivity contribution in [1.82, 2.24) is 4.90 Å². The van der Waals surface area contributed by atoms with Crippen LogP contribution in [0.25, 0.3) is 0 Å². The Balaban J connectivity index is 1.92. The smallest absolute Gasteiger partial charge is 0.182 e. The summed E-state index contributed by atoms with van der Waals surface area (Å²) in [5.41, 5.74) is 3.10. The molecule has 1 aliphatic heterocycles. The quantitative estimate of drug-likeness (QED) is 0.448. The van der Waals surface area contributed by atoms with Crippen LogP contribution in [-0.4, -0.2) is 41.8 Å². The Hall–Kier alpha value is -2.62. The number of phenols is 1. The predicted octanol–water partition coefficient (Wildman–Crippen LogP) is 6.79. The van der Waals surface area contributed by atoms with Crippen molar-refractivity contribution in [2.24, 2.45) is 16.8 Å². The molecule has 35 heavy (non-hydrogen) atoms. The van der Waals surface area contributed by atoms with Gasteiger partial charge in [-0.15, -0.1) is 0 Å². The van der Waals surface area contributed by atoms with Crippen molar-refractivity contribution in [3.63, 3.8) is 0 Å². The Morgan fingerprint density at radius 2 is 1.60 bits per heavy atom. The molecule has 0 bridgehead atoms. The molecule has 1 aliphatic rings. The zero-order chi connectivity index (χ0) is 26.0. The van der Waals surface area contributed by atoms with E-state index in [1.807, 2.05) is 19.2 Å². The molecule has 3 rings (SSSR count). The number of hydrogen-bond acceptors (Lipinski definition) is 3. The van der Waals surface area contributed by atoms with Crippen molar-refractivity contribution in [1.29, 1.82) is 0 Å². The van der Waals surface area contributed by atoms with Crippen LogP contribution in [0.3, 0.4) is 0 Å². The first-order valence-electron chi connectivity index (χ1n) is 13.0. The lowest BCUT2D eigenvalue weighted by Crippen LogP contribution is -2.33. The monoisotopic (exact) mass is 476 g/mol. The standard InChI is InChI=1S/C31H44N2O2/c1-9-13-22-19-33(29(32-8)24(22)16-21-14-11-10-12-15-21)20-27(34)23-17-25(30(2,3)4)28(35)26(18-23)31(5,6)7/h10-12,14-15,17-18,22,24,35H,9,13,16,19-20H2,1-8H3/b32-29-/t22-,24+/m0/s1. The van der Waals surface area contributed by atoms with Gasteiger partial charge in [-0.05, 0) is 47.3 Å². The van der Waals surface area contributed by atoms with E-state index in [-0.39, 0.29) is 16.6 Å². The van der Waals surface area contributed by atoms with Crippen LogP contribution in [0.15, 0.2) is 47.5 Å². The van der Waals surface area contributed by atoms with Crippen molar-refractivity contribution in [2.45, 2.75) is 78.6 Å². The summed E-state index contributed by atoms with van der Waals surface area (Å²) in [6, 6.07) is 14.4. The lowest BCUT2D eigenvalue weighted by molar-refractivity contribution is 0.0963. The van der Waals surface area contributed by atoms with Crippen LogP contribution < -0.4 is 0 Å². The highest BCUT2D eigenvalue weighted by molar-refractivity contribution is 6.01. The Labute approximate surface area is 212 Å². The number of phenolic OH excluding ortho intramolecular Hbond substituents is 1. The first-order chi connectivity index (χ1) is 16.4. The van der Waals surface area contributed by atoms with Crippen LogP contribution in [0.1, 0.15) is 88.4 Å². The molecule has 1 heterocycles. The Bertz CT molecular complexity index is 1020. The Kier molecular flexibility index (Phi) is 8.14. The summed E-state index contributed by atoms with van der Waals surface area (Å²) >= 11 is 0. The molecule has 1 saturated heterocycles. The highest BCUT2D eigenvalue weighted by atomic mass is 16.3. The van der Waals surface area contributed by atoms with Gasteiger partial charge in [0, 0.05) is 36.2 Å². The molecular formula is C31H44N2O2. The van der Waals surface area contributed by atoms with E-state index in [0.29, 0.717) is 29.7 Å². The number of aromatic hydroxyl groups is 1. The van der Waals surface area contributed by atoms with E-state index in [2.05, 4.69) is 83.7 Å². The number of ketones is 1. The highest BCUT2D eigenvalue weighted by Gasteiger charge is 2.38. The van der Waals surface area contributed by atoms with Crippen LogP contribution >= 0.6 is 0 Å². The molecule has 4 nitrogen and oxygen atoms in total. The van der Waals surface area contributed by atoms with Crippen molar-refractivity contribution < 1.29 is 9.90 Å². The number of carbonyl (C=O) groups excluding carboxylic acids is 1. The topological polar surface area (TPSA) is 52.9 Å². The van der Waals surface area contributed by atoms with E-state index in [1.54, 1.807) is 0 Å². The number of amidine groups is 1. The fraction of sp³-hybridized carbons (Fsp3) is 0.548. The number of likely N-dealkylation sites (tertiary alicyclic amines) is 1. The molecule has 2 atom stereocenters. The molecule has 4 heteroatoms. The minimum atomic E-state index is -0.267. The molecule has 2 aromatic carbocycles. The highest BCUT2D eigenvalue weighted by Crippen LogP contribution is 2.40. The van der Waals surface area contributed by atoms with Gasteiger partial charge in [0.2, 0.25) is 0 Å². The van der Waals surface area contributed by atoms with Gasteiger partial charge >= 0.3 is 0 Å². The number of rotatable bonds is 7. The van der Waals surface area contributed by atoms with E-state index in [1.165, 1.54) is 5.56 Å². The van der Waals surface area contributed by atoms with Gasteiger partial charge in [-0.3, -0.25) is 9.79 Å². The van der Waals surface area contributed by atoms with Gasteiger partial charge in [0.05, 0.1) is 6.54 Å². The second-order valence-electron chi connectivity index (χ2n) is 12.2. The van der Waals surface area contributed by atoms with Gasteiger partial charge in [-0.25, -0.2) is 0 Å². The lowest BCUT2D eigenvalue weighted by Gasteiger charge is -2.28. The van der Waals surface area contributed by atoms with Gasteiger partial charge in [0.1, 0.15) is 11.6 Å². The molecule has 0 radical (unpaired) electrons. The largest absolute Gasteiger partial charge is 0.507 e. The number of benzene rings is 2. The van der Waals surface area contributed by atoms with Crippen LogP contribution in [0.2, 0.25) is 0 Å². The van der Waals surface area contributed by atoms with Crippen molar-refractivity contribution >= 4 is 11.6 Å². The molecule has 0 unspecified atom stereocenters.